The number of halogens is 2. The van der Waals surface area contributed by atoms with Crippen LogP contribution in [0.4, 0.5) is 14.5 Å². The summed E-state index contributed by atoms with van der Waals surface area (Å²) >= 11 is 0. The Kier molecular flexibility index (Phi) is 4.37. The van der Waals surface area contributed by atoms with Crippen LogP contribution >= 0.6 is 0 Å². The number of likely N-dealkylation sites (tertiary alicyclic amines) is 1. The Morgan fingerprint density at radius 3 is 2.38 bits per heavy atom. The topological polar surface area (TPSA) is 86.7 Å². The first-order chi connectivity index (χ1) is 12.2. The SMILES string of the molecule is CN(C)C(=O)CCC(=O)N1C[C@]2(F)CN(c3cncnc3)C(=O)[C@]2(F)C1. The molecule has 0 radical (unpaired) electrons. The zero-order chi connectivity index (χ0) is 19.1. The second kappa shape index (κ2) is 6.26. The summed E-state index contributed by atoms with van der Waals surface area (Å²) in [5.41, 5.74) is -5.12. The van der Waals surface area contributed by atoms with Crippen molar-refractivity contribution in [1.82, 2.24) is 19.8 Å². The molecule has 2 aliphatic heterocycles. The summed E-state index contributed by atoms with van der Waals surface area (Å²) in [7, 11) is 3.11. The maximum atomic E-state index is 15.3. The third-order valence-corrected chi connectivity index (χ3v) is 4.82. The normalized spacial score (nSPS) is 27.6. The third-order valence-electron chi connectivity index (χ3n) is 4.82. The molecule has 140 valence electrons. The smallest absolute Gasteiger partial charge is 0.270 e. The van der Waals surface area contributed by atoms with Gasteiger partial charge in [-0.15, -0.1) is 0 Å². The van der Waals surface area contributed by atoms with Gasteiger partial charge in [0.2, 0.25) is 17.5 Å². The predicted octanol–water partition coefficient (Wildman–Crippen LogP) is -0.0496. The Morgan fingerprint density at radius 1 is 1.15 bits per heavy atom. The molecule has 3 amide bonds. The maximum Gasteiger partial charge on any atom is 0.270 e. The lowest BCUT2D eigenvalue weighted by Crippen LogP contribution is -2.47. The van der Waals surface area contributed by atoms with Crippen LogP contribution in [0, 0.1) is 0 Å². The number of carbonyl (C=O) groups is 3. The monoisotopic (exact) mass is 367 g/mol. The number of anilines is 1. The number of hydrogen-bond acceptors (Lipinski definition) is 5. The molecule has 1 aromatic rings. The molecule has 0 bridgehead atoms. The highest BCUT2D eigenvalue weighted by atomic mass is 19.2. The van der Waals surface area contributed by atoms with Crippen molar-refractivity contribution in [3.05, 3.63) is 18.7 Å². The van der Waals surface area contributed by atoms with Gasteiger partial charge in [0.1, 0.15) is 6.33 Å². The number of aromatic nitrogens is 2. The minimum atomic E-state index is -2.82. The van der Waals surface area contributed by atoms with Gasteiger partial charge in [0.15, 0.2) is 5.67 Å². The van der Waals surface area contributed by atoms with Gasteiger partial charge in [0.05, 0.1) is 37.7 Å². The van der Waals surface area contributed by atoms with Crippen LogP contribution in [0.3, 0.4) is 0 Å². The van der Waals surface area contributed by atoms with E-state index in [1.54, 1.807) is 14.1 Å². The van der Waals surface area contributed by atoms with Crippen molar-refractivity contribution in [3.63, 3.8) is 0 Å². The second-order valence-electron chi connectivity index (χ2n) is 6.79. The van der Waals surface area contributed by atoms with Gasteiger partial charge in [0.25, 0.3) is 5.91 Å². The van der Waals surface area contributed by atoms with E-state index < -0.39 is 42.8 Å². The van der Waals surface area contributed by atoms with E-state index >= 15 is 8.78 Å². The Labute approximate surface area is 148 Å². The van der Waals surface area contributed by atoms with Crippen LogP contribution in [-0.4, -0.2) is 82.6 Å². The van der Waals surface area contributed by atoms with Crippen LogP contribution in [0.2, 0.25) is 0 Å². The number of nitrogens with zero attached hydrogens (tertiary/aromatic N) is 5. The van der Waals surface area contributed by atoms with Gasteiger partial charge in [-0.05, 0) is 0 Å². The first-order valence-corrected chi connectivity index (χ1v) is 8.11. The van der Waals surface area contributed by atoms with E-state index in [9.17, 15) is 14.4 Å². The van der Waals surface area contributed by atoms with Crippen LogP contribution < -0.4 is 4.90 Å². The molecule has 2 aliphatic rings. The first-order valence-electron chi connectivity index (χ1n) is 8.11. The van der Waals surface area contributed by atoms with Gasteiger partial charge in [-0.2, -0.15) is 0 Å². The summed E-state index contributed by atoms with van der Waals surface area (Å²) in [6.45, 7) is -1.72. The molecule has 26 heavy (non-hydrogen) atoms. The zero-order valence-electron chi connectivity index (χ0n) is 14.5. The molecule has 10 heteroatoms. The molecule has 0 saturated carbocycles. The van der Waals surface area contributed by atoms with E-state index in [1.165, 1.54) is 23.6 Å². The number of alkyl halides is 2. The molecule has 0 aromatic carbocycles. The van der Waals surface area contributed by atoms with Gasteiger partial charge in [-0.1, -0.05) is 0 Å². The van der Waals surface area contributed by atoms with Crippen LogP contribution in [0.5, 0.6) is 0 Å². The summed E-state index contributed by atoms with van der Waals surface area (Å²) in [5.74, 6) is -1.85. The Hall–Kier alpha value is -2.65. The van der Waals surface area contributed by atoms with Gasteiger partial charge in [-0.3, -0.25) is 14.4 Å². The lowest BCUT2D eigenvalue weighted by Gasteiger charge is -2.22. The standard InChI is InChI=1S/C16H19F2N5O3/c1-21(2)12(24)3-4-13(25)22-7-15(17)8-23(11-5-19-10-20-6-11)14(26)16(15,18)9-22/h5-6,10H,3-4,7-9H2,1-2H3/t15-,16+/m0/s1. The van der Waals surface area contributed by atoms with E-state index in [-0.39, 0.29) is 24.4 Å². The highest BCUT2D eigenvalue weighted by molar-refractivity contribution is 6.04. The molecular formula is C16H19F2N5O3. The third kappa shape index (κ3) is 2.78. The number of carbonyl (C=O) groups excluding carboxylic acids is 3. The van der Waals surface area contributed by atoms with E-state index in [0.29, 0.717) is 0 Å². The molecule has 0 aliphatic carbocycles. The zero-order valence-corrected chi connectivity index (χ0v) is 14.5. The lowest BCUT2D eigenvalue weighted by atomic mass is 9.93. The quantitative estimate of drug-likeness (QED) is 0.745. The Balaban J connectivity index is 1.72. The highest BCUT2D eigenvalue weighted by Gasteiger charge is 2.72. The fourth-order valence-corrected chi connectivity index (χ4v) is 3.27. The largest absolute Gasteiger partial charge is 0.349 e. The van der Waals surface area contributed by atoms with Crippen LogP contribution in [0.1, 0.15) is 12.8 Å². The van der Waals surface area contributed by atoms with Crippen molar-refractivity contribution in [2.75, 3.05) is 38.6 Å². The van der Waals surface area contributed by atoms with Crippen molar-refractivity contribution < 1.29 is 23.2 Å². The molecule has 2 saturated heterocycles. The van der Waals surface area contributed by atoms with E-state index in [2.05, 4.69) is 9.97 Å². The summed E-state index contributed by atoms with van der Waals surface area (Å²) in [4.78, 5) is 47.1. The van der Waals surface area contributed by atoms with E-state index in [4.69, 9.17) is 0 Å². The summed E-state index contributed by atoms with van der Waals surface area (Å²) in [6.07, 6.45) is 3.63. The van der Waals surface area contributed by atoms with E-state index in [0.717, 1.165) is 9.80 Å². The first kappa shape index (κ1) is 18.2. The average molecular weight is 367 g/mol. The molecule has 0 spiro atoms. The predicted molar refractivity (Wildman–Crippen MR) is 86.6 cm³/mol. The molecule has 0 unspecified atom stereocenters. The van der Waals surface area contributed by atoms with Crippen LogP contribution in [0.25, 0.3) is 0 Å². The molecule has 2 fully saturated rings. The van der Waals surface area contributed by atoms with Crippen LogP contribution in [0.15, 0.2) is 18.7 Å². The molecule has 3 heterocycles. The Bertz CT molecular complexity index is 747. The second-order valence-corrected chi connectivity index (χ2v) is 6.79. The average Bonchev–Trinajstić information content (AvgIpc) is 2.99. The molecule has 1 aromatic heterocycles. The van der Waals surface area contributed by atoms with Crippen molar-refractivity contribution >= 4 is 23.4 Å². The fourth-order valence-electron chi connectivity index (χ4n) is 3.27. The van der Waals surface area contributed by atoms with Gasteiger partial charge in [0, 0.05) is 26.9 Å². The number of amides is 3. The Morgan fingerprint density at radius 2 is 1.81 bits per heavy atom. The van der Waals surface area contributed by atoms with Crippen molar-refractivity contribution in [1.29, 1.82) is 0 Å². The molecule has 8 nitrogen and oxygen atoms in total. The minimum Gasteiger partial charge on any atom is -0.349 e. The number of fused-ring (bicyclic) bond motifs is 1. The van der Waals surface area contributed by atoms with Gasteiger partial charge < -0.3 is 14.7 Å². The van der Waals surface area contributed by atoms with Gasteiger partial charge in [-0.25, -0.2) is 18.7 Å². The minimum absolute atomic E-state index is 0.0532. The lowest BCUT2D eigenvalue weighted by molar-refractivity contribution is -0.136. The summed E-state index contributed by atoms with van der Waals surface area (Å²) in [6, 6.07) is 0. The van der Waals surface area contributed by atoms with Crippen molar-refractivity contribution in [2.24, 2.45) is 0 Å². The molecule has 3 rings (SSSR count). The summed E-state index contributed by atoms with van der Waals surface area (Å²) in [5, 5.41) is 0. The maximum absolute atomic E-state index is 15.3. The molecular weight excluding hydrogens is 348 g/mol. The number of hydrogen-bond donors (Lipinski definition) is 0. The number of rotatable bonds is 4. The van der Waals surface area contributed by atoms with Crippen molar-refractivity contribution in [2.45, 2.75) is 24.2 Å². The van der Waals surface area contributed by atoms with E-state index in [1.807, 2.05) is 0 Å². The highest BCUT2D eigenvalue weighted by Crippen LogP contribution is 2.46. The molecule has 0 N–H and O–H groups in total. The van der Waals surface area contributed by atoms with Crippen molar-refractivity contribution in [3.8, 4) is 0 Å². The molecule has 2 atom stereocenters. The van der Waals surface area contributed by atoms with Gasteiger partial charge >= 0.3 is 0 Å². The fraction of sp³-hybridized carbons (Fsp3) is 0.562. The van der Waals surface area contributed by atoms with Crippen LogP contribution in [-0.2, 0) is 14.4 Å². The summed E-state index contributed by atoms with van der Waals surface area (Å²) < 4.78 is 30.5.